The van der Waals surface area contributed by atoms with E-state index in [9.17, 15) is 14.4 Å². The zero-order valence-corrected chi connectivity index (χ0v) is 22.0. The standard InChI is InChI=1S/C30H30N4O5/c1-19-6-4-5-7-25(19)32-30(38)33-26-13-12-23(15-27(26)39-3)24-16-31-18-34(29(24)37)17-21-8-10-22(11-9-21)20(2)14-28(35)36/h4-13,15-16,18,20H,14,17H2,1-3H3,(H,35,36)(H2,32,33,38)/t20-/m0/s1. The molecular formula is C30H30N4O5. The van der Waals surface area contributed by atoms with Crippen LogP contribution in [-0.4, -0.2) is 33.8 Å². The van der Waals surface area contributed by atoms with Crippen LogP contribution in [-0.2, 0) is 11.3 Å². The number of ether oxygens (including phenoxy) is 1. The molecule has 1 aromatic heterocycles. The number of urea groups is 1. The van der Waals surface area contributed by atoms with Gasteiger partial charge < -0.3 is 20.5 Å². The second-order valence-corrected chi connectivity index (χ2v) is 9.29. The molecule has 0 spiro atoms. The Balaban J connectivity index is 1.51. The van der Waals surface area contributed by atoms with Gasteiger partial charge in [0.05, 0.1) is 37.7 Å². The third kappa shape index (κ3) is 6.70. The average molecular weight is 527 g/mol. The van der Waals surface area contributed by atoms with Gasteiger partial charge in [-0.15, -0.1) is 0 Å². The first kappa shape index (κ1) is 27.1. The first-order valence-electron chi connectivity index (χ1n) is 12.4. The summed E-state index contributed by atoms with van der Waals surface area (Å²) in [7, 11) is 1.49. The van der Waals surface area contributed by atoms with Crippen molar-refractivity contribution in [1.82, 2.24) is 9.55 Å². The molecule has 9 heteroatoms. The van der Waals surface area contributed by atoms with Crippen LogP contribution in [0.1, 0.15) is 36.0 Å². The third-order valence-electron chi connectivity index (χ3n) is 6.44. The van der Waals surface area contributed by atoms with Gasteiger partial charge in [0, 0.05) is 11.9 Å². The third-order valence-corrected chi connectivity index (χ3v) is 6.44. The van der Waals surface area contributed by atoms with E-state index in [-0.39, 0.29) is 17.9 Å². The molecule has 2 amide bonds. The molecule has 0 unspecified atom stereocenters. The van der Waals surface area contributed by atoms with E-state index in [1.165, 1.54) is 24.2 Å². The number of para-hydroxylation sites is 1. The van der Waals surface area contributed by atoms with Crippen molar-refractivity contribution in [3.05, 3.63) is 106 Å². The summed E-state index contributed by atoms with van der Waals surface area (Å²) in [6, 6.07) is 19.7. The van der Waals surface area contributed by atoms with E-state index < -0.39 is 12.0 Å². The van der Waals surface area contributed by atoms with Gasteiger partial charge >= 0.3 is 12.0 Å². The molecule has 0 radical (unpaired) electrons. The molecule has 4 aromatic rings. The number of methoxy groups -OCH3 is 1. The number of aliphatic carboxylic acids is 1. The Labute approximate surface area is 226 Å². The van der Waals surface area contributed by atoms with Gasteiger partial charge in [-0.1, -0.05) is 55.5 Å². The number of aryl methyl sites for hydroxylation is 1. The average Bonchev–Trinajstić information content (AvgIpc) is 2.91. The van der Waals surface area contributed by atoms with Crippen molar-refractivity contribution in [1.29, 1.82) is 0 Å². The maximum atomic E-state index is 13.3. The van der Waals surface area contributed by atoms with Crippen molar-refractivity contribution in [2.45, 2.75) is 32.7 Å². The zero-order chi connectivity index (χ0) is 27.9. The highest BCUT2D eigenvalue weighted by atomic mass is 16.5. The summed E-state index contributed by atoms with van der Waals surface area (Å²) < 4.78 is 7.01. The van der Waals surface area contributed by atoms with E-state index >= 15 is 0 Å². The first-order chi connectivity index (χ1) is 18.7. The van der Waals surface area contributed by atoms with Crippen molar-refractivity contribution in [2.75, 3.05) is 17.7 Å². The minimum atomic E-state index is -0.841. The molecule has 1 heterocycles. The van der Waals surface area contributed by atoms with Gasteiger partial charge in [0.25, 0.3) is 5.56 Å². The first-order valence-corrected chi connectivity index (χ1v) is 12.4. The molecule has 3 aromatic carbocycles. The summed E-state index contributed by atoms with van der Waals surface area (Å²) in [5.41, 5.74) is 4.66. The maximum absolute atomic E-state index is 13.3. The van der Waals surface area contributed by atoms with Crippen molar-refractivity contribution in [3.8, 4) is 16.9 Å². The molecule has 0 saturated carbocycles. The van der Waals surface area contributed by atoms with Crippen molar-refractivity contribution in [3.63, 3.8) is 0 Å². The van der Waals surface area contributed by atoms with E-state index in [0.717, 1.165) is 16.7 Å². The van der Waals surface area contributed by atoms with E-state index in [1.54, 1.807) is 18.2 Å². The van der Waals surface area contributed by atoms with E-state index in [1.807, 2.05) is 62.4 Å². The summed E-state index contributed by atoms with van der Waals surface area (Å²) in [6.45, 7) is 4.08. The number of aromatic nitrogens is 2. The number of nitrogens with zero attached hydrogens (tertiary/aromatic N) is 2. The molecule has 0 aliphatic heterocycles. The number of nitrogens with one attached hydrogen (secondary N) is 2. The van der Waals surface area contributed by atoms with Gasteiger partial charge in [0.15, 0.2) is 0 Å². The van der Waals surface area contributed by atoms with Gasteiger partial charge in [0.1, 0.15) is 5.75 Å². The monoisotopic (exact) mass is 526 g/mol. The quantitative estimate of drug-likeness (QED) is 0.265. The number of carbonyl (C=O) groups excluding carboxylic acids is 1. The number of carboxylic acids is 1. The summed E-state index contributed by atoms with van der Waals surface area (Å²) in [4.78, 5) is 41.1. The normalized spacial score (nSPS) is 11.5. The van der Waals surface area contributed by atoms with Crippen LogP contribution in [0.4, 0.5) is 16.2 Å². The van der Waals surface area contributed by atoms with Crippen molar-refractivity contribution in [2.24, 2.45) is 0 Å². The Hall–Kier alpha value is -4.92. The lowest BCUT2D eigenvalue weighted by Gasteiger charge is -2.14. The number of amides is 2. The summed E-state index contributed by atoms with van der Waals surface area (Å²) in [5.74, 6) is -0.550. The Morgan fingerprint density at radius 1 is 1.03 bits per heavy atom. The number of carbonyl (C=O) groups is 2. The van der Waals surface area contributed by atoms with Crippen LogP contribution in [0.25, 0.3) is 11.1 Å². The fraction of sp³-hybridized carbons (Fsp3) is 0.200. The zero-order valence-electron chi connectivity index (χ0n) is 22.0. The van der Waals surface area contributed by atoms with E-state index in [4.69, 9.17) is 9.84 Å². The van der Waals surface area contributed by atoms with Gasteiger partial charge in [-0.3, -0.25) is 14.2 Å². The number of anilines is 2. The minimum Gasteiger partial charge on any atom is -0.495 e. The molecule has 0 aliphatic rings. The summed E-state index contributed by atoms with van der Waals surface area (Å²) >= 11 is 0. The lowest BCUT2D eigenvalue weighted by molar-refractivity contribution is -0.137. The van der Waals surface area contributed by atoms with Gasteiger partial charge in [-0.05, 0) is 53.3 Å². The molecule has 0 aliphatic carbocycles. The van der Waals surface area contributed by atoms with Gasteiger partial charge in [-0.2, -0.15) is 0 Å². The Bertz CT molecular complexity index is 1550. The Morgan fingerprint density at radius 3 is 2.44 bits per heavy atom. The highest BCUT2D eigenvalue weighted by Crippen LogP contribution is 2.30. The predicted molar refractivity (Wildman–Crippen MR) is 151 cm³/mol. The number of hydrogen-bond donors (Lipinski definition) is 3. The van der Waals surface area contributed by atoms with Crippen LogP contribution in [0.15, 0.2) is 84.0 Å². The maximum Gasteiger partial charge on any atom is 0.323 e. The molecule has 39 heavy (non-hydrogen) atoms. The predicted octanol–water partition coefficient (Wildman–Crippen LogP) is 5.50. The van der Waals surface area contributed by atoms with Crippen LogP contribution in [0.2, 0.25) is 0 Å². The molecule has 0 fully saturated rings. The Kier molecular flexibility index (Phi) is 8.40. The molecule has 4 rings (SSSR count). The van der Waals surface area contributed by atoms with Crippen LogP contribution < -0.4 is 20.9 Å². The van der Waals surface area contributed by atoms with E-state index in [0.29, 0.717) is 34.8 Å². The molecular weight excluding hydrogens is 496 g/mol. The summed E-state index contributed by atoms with van der Waals surface area (Å²) in [5, 5.41) is 14.6. The number of hydrogen-bond acceptors (Lipinski definition) is 5. The molecule has 200 valence electrons. The second-order valence-electron chi connectivity index (χ2n) is 9.29. The minimum absolute atomic E-state index is 0.0555. The molecule has 1 atom stereocenters. The second kappa shape index (κ2) is 12.1. The van der Waals surface area contributed by atoms with Crippen LogP contribution >= 0.6 is 0 Å². The van der Waals surface area contributed by atoms with Crippen LogP contribution in [0, 0.1) is 6.92 Å². The highest BCUT2D eigenvalue weighted by molar-refractivity contribution is 6.01. The molecule has 3 N–H and O–H groups in total. The lowest BCUT2D eigenvalue weighted by Crippen LogP contribution is -2.22. The molecule has 9 nitrogen and oxygen atoms in total. The van der Waals surface area contributed by atoms with Gasteiger partial charge in [-0.25, -0.2) is 9.78 Å². The van der Waals surface area contributed by atoms with Gasteiger partial charge in [0.2, 0.25) is 0 Å². The van der Waals surface area contributed by atoms with Crippen molar-refractivity contribution < 1.29 is 19.4 Å². The molecule has 0 bridgehead atoms. The lowest BCUT2D eigenvalue weighted by atomic mass is 9.97. The number of carboxylic acid groups (broad SMARTS) is 1. The Morgan fingerprint density at radius 2 is 1.74 bits per heavy atom. The van der Waals surface area contributed by atoms with Crippen LogP contribution in [0.5, 0.6) is 5.75 Å². The molecule has 0 saturated heterocycles. The SMILES string of the molecule is COc1cc(-c2cncn(Cc3ccc([C@@H](C)CC(=O)O)cc3)c2=O)ccc1NC(=O)Nc1ccccc1C. The fourth-order valence-electron chi connectivity index (χ4n) is 4.24. The number of benzene rings is 3. The highest BCUT2D eigenvalue weighted by Gasteiger charge is 2.14. The topological polar surface area (TPSA) is 123 Å². The van der Waals surface area contributed by atoms with E-state index in [2.05, 4.69) is 15.6 Å². The smallest absolute Gasteiger partial charge is 0.323 e. The van der Waals surface area contributed by atoms with Crippen LogP contribution in [0.3, 0.4) is 0 Å². The fourth-order valence-corrected chi connectivity index (χ4v) is 4.24. The number of rotatable bonds is 9. The van der Waals surface area contributed by atoms with Crippen molar-refractivity contribution >= 4 is 23.4 Å². The summed E-state index contributed by atoms with van der Waals surface area (Å²) in [6.07, 6.45) is 3.04. The largest absolute Gasteiger partial charge is 0.495 e.